The number of amides is 1. The molecule has 1 atom stereocenters. The van der Waals surface area contributed by atoms with Gasteiger partial charge in [-0.2, -0.15) is 0 Å². The highest BCUT2D eigenvalue weighted by Gasteiger charge is 2.19. The number of hydrogen-bond acceptors (Lipinski definition) is 3. The molecule has 3 aromatic rings. The summed E-state index contributed by atoms with van der Waals surface area (Å²) in [6, 6.07) is 13.4. The van der Waals surface area contributed by atoms with Crippen molar-refractivity contribution < 1.29 is 4.79 Å². The fourth-order valence-electron chi connectivity index (χ4n) is 4.25. The number of rotatable bonds is 14. The molecule has 0 aliphatic heterocycles. The van der Waals surface area contributed by atoms with E-state index in [0.29, 0.717) is 5.69 Å². The number of para-hydroxylation sites is 2. The Balaban J connectivity index is 1.54. The normalized spacial score (nSPS) is 12.2. The fraction of sp³-hybridized carbons (Fsp3) is 0.519. The molecule has 5 heteroatoms. The Labute approximate surface area is 192 Å². The number of carbonyl (C=O) groups is 1. The van der Waals surface area contributed by atoms with Gasteiger partial charge in [0.1, 0.15) is 11.5 Å². The van der Waals surface area contributed by atoms with E-state index < -0.39 is 0 Å². The van der Waals surface area contributed by atoms with Gasteiger partial charge in [-0.3, -0.25) is 9.78 Å². The van der Waals surface area contributed by atoms with Gasteiger partial charge in [0.2, 0.25) is 0 Å². The molecule has 0 aliphatic carbocycles. The van der Waals surface area contributed by atoms with Crippen molar-refractivity contribution in [3.63, 3.8) is 0 Å². The Morgan fingerprint density at radius 2 is 1.56 bits per heavy atom. The van der Waals surface area contributed by atoms with Crippen LogP contribution in [0.2, 0.25) is 0 Å². The molecule has 0 bridgehead atoms. The molecule has 2 heterocycles. The van der Waals surface area contributed by atoms with E-state index in [2.05, 4.69) is 33.9 Å². The first kappa shape index (κ1) is 24.0. The highest BCUT2D eigenvalue weighted by atomic mass is 16.1. The standard InChI is InChI=1S/C27H38N4O/c1-3-4-5-6-7-8-9-10-11-16-21-31-25-19-13-12-17-23(25)30-26(31)22(2)29-27(32)24-18-14-15-20-28-24/h12-15,17-20,22H,3-11,16,21H2,1-2H3,(H,29,32). The number of benzene rings is 1. The predicted molar refractivity (Wildman–Crippen MR) is 132 cm³/mol. The molecule has 3 rings (SSSR count). The Morgan fingerprint density at radius 1 is 0.906 bits per heavy atom. The summed E-state index contributed by atoms with van der Waals surface area (Å²) in [5.41, 5.74) is 2.54. The number of carbonyl (C=O) groups excluding carboxylic acids is 1. The lowest BCUT2D eigenvalue weighted by molar-refractivity contribution is 0.0932. The third kappa shape index (κ3) is 6.91. The van der Waals surface area contributed by atoms with Gasteiger partial charge in [0.25, 0.3) is 5.91 Å². The van der Waals surface area contributed by atoms with Crippen LogP contribution in [0.3, 0.4) is 0 Å². The van der Waals surface area contributed by atoms with Gasteiger partial charge in [-0.25, -0.2) is 4.98 Å². The molecule has 1 amide bonds. The fourth-order valence-corrected chi connectivity index (χ4v) is 4.25. The minimum absolute atomic E-state index is 0.171. The first-order valence-electron chi connectivity index (χ1n) is 12.4. The summed E-state index contributed by atoms with van der Waals surface area (Å²) in [7, 11) is 0. The minimum Gasteiger partial charge on any atom is -0.341 e. The van der Waals surface area contributed by atoms with Crippen LogP contribution in [0.4, 0.5) is 0 Å². The first-order chi connectivity index (χ1) is 15.7. The van der Waals surface area contributed by atoms with Crippen LogP contribution < -0.4 is 5.32 Å². The summed E-state index contributed by atoms with van der Waals surface area (Å²) in [5, 5.41) is 3.07. The number of nitrogens with zero attached hydrogens (tertiary/aromatic N) is 3. The number of unbranched alkanes of at least 4 members (excludes halogenated alkanes) is 9. The first-order valence-corrected chi connectivity index (χ1v) is 12.4. The number of pyridine rings is 1. The number of imidazole rings is 1. The van der Waals surface area contributed by atoms with Gasteiger partial charge in [-0.1, -0.05) is 82.9 Å². The number of fused-ring (bicyclic) bond motifs is 1. The van der Waals surface area contributed by atoms with E-state index in [9.17, 15) is 4.79 Å². The molecular weight excluding hydrogens is 396 g/mol. The lowest BCUT2D eigenvalue weighted by Gasteiger charge is -2.16. The second-order valence-corrected chi connectivity index (χ2v) is 8.70. The summed E-state index contributed by atoms with van der Waals surface area (Å²) in [4.78, 5) is 21.6. The van der Waals surface area contributed by atoms with Crippen molar-refractivity contribution in [2.75, 3.05) is 0 Å². The summed E-state index contributed by atoms with van der Waals surface area (Å²) in [6.45, 7) is 5.19. The summed E-state index contributed by atoms with van der Waals surface area (Å²) in [6.07, 6.45) is 14.8. The molecule has 1 N–H and O–H groups in total. The van der Waals surface area contributed by atoms with Crippen LogP contribution in [-0.4, -0.2) is 20.4 Å². The lowest BCUT2D eigenvalue weighted by Crippen LogP contribution is -2.29. The summed E-state index contributed by atoms with van der Waals surface area (Å²) < 4.78 is 2.28. The second-order valence-electron chi connectivity index (χ2n) is 8.70. The molecule has 172 valence electrons. The van der Waals surface area contributed by atoms with Crippen molar-refractivity contribution in [2.24, 2.45) is 0 Å². The van der Waals surface area contributed by atoms with Gasteiger partial charge in [-0.05, 0) is 37.6 Å². The average Bonchev–Trinajstić information content (AvgIpc) is 3.19. The Hall–Kier alpha value is -2.69. The smallest absolute Gasteiger partial charge is 0.270 e. The second kappa shape index (κ2) is 13.0. The zero-order valence-electron chi connectivity index (χ0n) is 19.7. The lowest BCUT2D eigenvalue weighted by atomic mass is 10.1. The van der Waals surface area contributed by atoms with E-state index in [1.54, 1.807) is 12.3 Å². The van der Waals surface area contributed by atoms with Gasteiger partial charge in [0, 0.05) is 12.7 Å². The maximum atomic E-state index is 12.6. The van der Waals surface area contributed by atoms with Crippen molar-refractivity contribution in [3.05, 3.63) is 60.2 Å². The number of hydrogen-bond donors (Lipinski definition) is 1. The number of nitrogens with one attached hydrogen (secondary N) is 1. The molecule has 32 heavy (non-hydrogen) atoms. The van der Waals surface area contributed by atoms with Gasteiger partial charge in [-0.15, -0.1) is 0 Å². The Bertz CT molecular complexity index is 951. The van der Waals surface area contributed by atoms with Crippen molar-refractivity contribution in [1.29, 1.82) is 0 Å². The van der Waals surface area contributed by atoms with E-state index in [0.717, 1.165) is 29.8 Å². The molecule has 1 aromatic carbocycles. The average molecular weight is 435 g/mol. The topological polar surface area (TPSA) is 59.8 Å². The van der Waals surface area contributed by atoms with Gasteiger partial charge >= 0.3 is 0 Å². The molecule has 1 unspecified atom stereocenters. The molecule has 5 nitrogen and oxygen atoms in total. The quantitative estimate of drug-likeness (QED) is 0.282. The molecular formula is C27H38N4O. The van der Waals surface area contributed by atoms with Crippen molar-refractivity contribution in [3.8, 4) is 0 Å². The zero-order chi connectivity index (χ0) is 22.6. The van der Waals surface area contributed by atoms with Crippen LogP contribution >= 0.6 is 0 Å². The Morgan fingerprint density at radius 3 is 2.25 bits per heavy atom. The van der Waals surface area contributed by atoms with Crippen molar-refractivity contribution >= 4 is 16.9 Å². The maximum absolute atomic E-state index is 12.6. The summed E-state index contributed by atoms with van der Waals surface area (Å²) >= 11 is 0. The van der Waals surface area contributed by atoms with E-state index in [1.807, 2.05) is 31.2 Å². The van der Waals surface area contributed by atoms with E-state index in [-0.39, 0.29) is 11.9 Å². The van der Waals surface area contributed by atoms with Crippen LogP contribution in [0.1, 0.15) is 100 Å². The van der Waals surface area contributed by atoms with E-state index in [1.165, 1.54) is 57.8 Å². The summed E-state index contributed by atoms with van der Waals surface area (Å²) in [5.74, 6) is 0.738. The molecule has 0 saturated carbocycles. The number of aromatic nitrogens is 3. The SMILES string of the molecule is CCCCCCCCCCCCn1c(C(C)NC(=O)c2ccccn2)nc2ccccc21. The maximum Gasteiger partial charge on any atom is 0.270 e. The van der Waals surface area contributed by atoms with Crippen molar-refractivity contribution in [1.82, 2.24) is 19.9 Å². The predicted octanol–water partition coefficient (Wildman–Crippen LogP) is 6.84. The van der Waals surface area contributed by atoms with Crippen LogP contribution in [0.15, 0.2) is 48.7 Å². The molecule has 0 spiro atoms. The monoisotopic (exact) mass is 434 g/mol. The zero-order valence-corrected chi connectivity index (χ0v) is 19.7. The highest BCUT2D eigenvalue weighted by molar-refractivity contribution is 5.92. The third-order valence-corrected chi connectivity index (χ3v) is 6.05. The minimum atomic E-state index is -0.194. The van der Waals surface area contributed by atoms with E-state index in [4.69, 9.17) is 4.98 Å². The van der Waals surface area contributed by atoms with Gasteiger partial charge < -0.3 is 9.88 Å². The van der Waals surface area contributed by atoms with Crippen LogP contribution in [-0.2, 0) is 6.54 Å². The number of aryl methyl sites for hydroxylation is 1. The van der Waals surface area contributed by atoms with Crippen molar-refractivity contribution in [2.45, 2.75) is 90.6 Å². The van der Waals surface area contributed by atoms with Crippen LogP contribution in [0.25, 0.3) is 11.0 Å². The Kier molecular flexibility index (Phi) is 9.73. The molecule has 0 fully saturated rings. The molecule has 2 aromatic heterocycles. The van der Waals surface area contributed by atoms with Gasteiger partial charge in [0.05, 0.1) is 17.1 Å². The van der Waals surface area contributed by atoms with Crippen LogP contribution in [0, 0.1) is 0 Å². The highest BCUT2D eigenvalue weighted by Crippen LogP contribution is 2.22. The van der Waals surface area contributed by atoms with Gasteiger partial charge in [0.15, 0.2) is 0 Å². The third-order valence-electron chi connectivity index (χ3n) is 6.05. The molecule has 0 saturated heterocycles. The molecule has 0 aliphatic rings. The van der Waals surface area contributed by atoms with E-state index >= 15 is 0 Å². The largest absolute Gasteiger partial charge is 0.341 e. The molecule has 0 radical (unpaired) electrons. The van der Waals surface area contributed by atoms with Crippen LogP contribution in [0.5, 0.6) is 0 Å².